The average Bonchev–Trinajstić information content (AvgIpc) is 0.826. The number of aromatic nitrogens is 8. The van der Waals surface area contributed by atoms with Crippen molar-refractivity contribution in [1.82, 2.24) is 15.0 Å². The predicted molar refractivity (Wildman–Crippen MR) is 524 cm³/mol. The minimum atomic E-state index is -2.31. The molecule has 8 heterocycles. The summed E-state index contributed by atoms with van der Waals surface area (Å²) >= 11 is 0. The average molecular weight is 1650 g/mol. The molecule has 1 saturated carbocycles. The molecule has 0 bridgehead atoms. The van der Waals surface area contributed by atoms with Crippen molar-refractivity contribution in [3.63, 3.8) is 0 Å². The Balaban J connectivity index is 0.000000138. The molecule has 634 valence electrons. The number of hydrogen-bond acceptors (Lipinski definition) is 3. The summed E-state index contributed by atoms with van der Waals surface area (Å²) < 4.78 is 51.3. The van der Waals surface area contributed by atoms with Crippen LogP contribution in [-0.4, -0.2) is 15.0 Å². The normalized spacial score (nSPS) is 12.9. The largest absolute Gasteiger partial charge is 0.264 e. The van der Waals surface area contributed by atoms with E-state index >= 15 is 0 Å². The molecule has 124 heavy (non-hydrogen) atoms. The highest BCUT2D eigenvalue weighted by Crippen LogP contribution is 2.41. The number of rotatable bonds is 20. The second kappa shape index (κ2) is 41.6. The summed E-state index contributed by atoms with van der Waals surface area (Å²) in [6.07, 6.45) is 35.2. The fraction of sp³-hybridized carbons (Fsp3) is 0.328. The second-order valence-electron chi connectivity index (χ2n) is 34.6. The van der Waals surface area contributed by atoms with E-state index in [0.29, 0.717) is 29.2 Å². The lowest BCUT2D eigenvalue weighted by atomic mass is 9.90. The van der Waals surface area contributed by atoms with Gasteiger partial charge in [-0.1, -0.05) is 178 Å². The Kier molecular flexibility index (Phi) is 27.9. The SMILES string of the molecule is CCC(CC)c1ccc2c(-c3cc(-c4cccnc4)ccc3C)[n+](C)ccc2c1.CCC(CC)c1ccc2c(-c3ccncc3C)[n+](C)ccc2c1.CCC(CC)c1ccc2c(-c3cnccc3C)[n+](C)ccc2c1.Cc1ccccc1-c1c2ccc(C3CCCC3)cc2cc[n+]1C.[2H]C([2H])([2H])c1cc(-c2c3ccc(C(CC)CC)cc3cc[n+]2C)c(C)c(C([2H])([2H])C)c1. The van der Waals surface area contributed by atoms with Gasteiger partial charge in [-0.05, 0) is 308 Å². The summed E-state index contributed by atoms with van der Waals surface area (Å²) in [5.41, 5.74) is 27.8. The maximum absolute atomic E-state index is 8.28. The van der Waals surface area contributed by atoms with Crippen LogP contribution in [0.25, 0.3) is 121 Å². The number of pyridine rings is 8. The molecule has 0 atom stereocenters. The van der Waals surface area contributed by atoms with E-state index in [-0.39, 0.29) is 5.56 Å². The molecule has 0 unspecified atom stereocenters. The third kappa shape index (κ3) is 19.9. The van der Waals surface area contributed by atoms with Crippen LogP contribution < -0.4 is 22.8 Å². The molecular weight excluding hydrogens is 1510 g/mol. The molecule has 8 aromatic carbocycles. The Labute approximate surface area is 748 Å². The van der Waals surface area contributed by atoms with E-state index in [2.05, 4.69) is 351 Å². The van der Waals surface area contributed by atoms with Crippen LogP contribution in [0.15, 0.2) is 268 Å². The first kappa shape index (κ1) is 83.2. The Bertz CT molecular complexity index is 6300. The van der Waals surface area contributed by atoms with E-state index in [1.165, 1.54) is 221 Å². The van der Waals surface area contributed by atoms with Crippen molar-refractivity contribution in [2.45, 2.75) is 217 Å². The van der Waals surface area contributed by atoms with Gasteiger partial charge in [0, 0.05) is 85.5 Å². The van der Waals surface area contributed by atoms with Crippen LogP contribution in [0, 0.1) is 41.5 Å². The maximum atomic E-state index is 8.28. The molecule has 0 saturated heterocycles. The molecule has 0 spiro atoms. The molecular formula is C116H135N8+5. The summed E-state index contributed by atoms with van der Waals surface area (Å²) in [6, 6.07) is 72.5. The first-order chi connectivity index (χ1) is 62.0. The molecule has 8 aromatic heterocycles. The van der Waals surface area contributed by atoms with Gasteiger partial charge in [0.05, 0.1) is 49.2 Å². The van der Waals surface area contributed by atoms with Crippen molar-refractivity contribution in [2.24, 2.45) is 35.2 Å². The number of hydrogen-bond donors (Lipinski definition) is 0. The minimum absolute atomic E-state index is 0.166. The fourth-order valence-electron chi connectivity index (χ4n) is 19.3. The zero-order valence-corrected chi connectivity index (χ0v) is 77.4. The summed E-state index contributed by atoms with van der Waals surface area (Å²) in [6.45, 7) is 27.8. The number of aryl methyl sites for hydroxylation is 11. The van der Waals surface area contributed by atoms with Crippen molar-refractivity contribution in [1.29, 1.82) is 0 Å². The molecule has 1 aliphatic rings. The van der Waals surface area contributed by atoms with E-state index in [1.54, 1.807) is 6.07 Å². The van der Waals surface area contributed by atoms with Gasteiger partial charge in [0.15, 0.2) is 31.0 Å². The Morgan fingerprint density at radius 1 is 0.331 bits per heavy atom. The number of nitrogens with zero attached hydrogens (tertiary/aromatic N) is 8. The highest BCUT2D eigenvalue weighted by molar-refractivity contribution is 5.98. The van der Waals surface area contributed by atoms with Crippen molar-refractivity contribution in [3.05, 3.63) is 335 Å². The Morgan fingerprint density at radius 3 is 1.15 bits per heavy atom. The molecule has 0 radical (unpaired) electrons. The standard InChI is InChI=1S/C27H29N2.C25H32N.C22H24N.2C21H25N2/c1-5-20(6-2)21-11-12-25-23(16-21)13-15-29(4)27(25)26-17-22(10-9-19(26)3)24-8-7-14-28-18-24;1-7-19(8-2)21-10-11-23-22(16-21)12-13-26(6)25(23)24-15-17(4)14-20(9-3)18(24)5;1-16-7-3-6-10-20(16)22-21-12-11-18(17-8-4-5-9-17)15-19(21)13-14-23(22)2;1-5-16(6-2)17-7-8-20-18(13-17)10-12-23(4)21(20)19-9-11-22-14-15(19)3;1-5-16(6-2)17-7-8-19-18(13-17)10-12-23(4)21(19)20-14-22-11-9-15(20)3/h7-18,20H,5-6H2,1-4H3;10-16,19H,7-9H2,1-6H3;3,6-7,10-15,17H,4-5,8-9H2,1-2H3;2*7-14,16H,5-6H2,1-4H3/q5*+1/i;4D3,9D2;;;. The molecule has 0 N–H and O–H groups in total. The molecule has 8 nitrogen and oxygen atoms in total. The Morgan fingerprint density at radius 2 is 0.726 bits per heavy atom. The number of fused-ring (bicyclic) bond motifs is 5. The molecule has 8 heteroatoms. The monoisotopic (exact) mass is 1650 g/mol. The van der Waals surface area contributed by atoms with Gasteiger partial charge < -0.3 is 0 Å². The third-order valence-electron chi connectivity index (χ3n) is 26.8. The van der Waals surface area contributed by atoms with Crippen LogP contribution in [0.5, 0.6) is 0 Å². The third-order valence-corrected chi connectivity index (χ3v) is 26.8. The van der Waals surface area contributed by atoms with Gasteiger partial charge >= 0.3 is 0 Å². The molecule has 1 aliphatic carbocycles. The molecule has 1 fully saturated rings. The highest BCUT2D eigenvalue weighted by Gasteiger charge is 2.27. The van der Waals surface area contributed by atoms with Gasteiger partial charge in [-0.2, -0.15) is 0 Å². The maximum Gasteiger partial charge on any atom is 0.221 e. The summed E-state index contributed by atoms with van der Waals surface area (Å²) in [4.78, 5) is 12.8. The second-order valence-corrected chi connectivity index (χ2v) is 34.6. The zero-order chi connectivity index (χ0) is 92.1. The van der Waals surface area contributed by atoms with E-state index in [9.17, 15) is 0 Å². The van der Waals surface area contributed by atoms with Crippen molar-refractivity contribution in [3.8, 4) is 67.4 Å². The number of benzene rings is 8. The van der Waals surface area contributed by atoms with Crippen LogP contribution >= 0.6 is 0 Å². The lowest BCUT2D eigenvalue weighted by molar-refractivity contribution is -0.659. The van der Waals surface area contributed by atoms with E-state index in [4.69, 9.17) is 6.85 Å². The molecule has 16 aromatic rings. The van der Waals surface area contributed by atoms with Crippen molar-refractivity contribution >= 4 is 53.9 Å². The summed E-state index contributed by atoms with van der Waals surface area (Å²) in [5, 5.41) is 12.7. The first-order valence-electron chi connectivity index (χ1n) is 48.2. The van der Waals surface area contributed by atoms with Gasteiger partial charge in [0.2, 0.25) is 28.5 Å². The summed E-state index contributed by atoms with van der Waals surface area (Å²) in [7, 11) is 10.5. The van der Waals surface area contributed by atoms with E-state index < -0.39 is 13.2 Å². The molecule has 0 amide bonds. The minimum Gasteiger partial charge on any atom is -0.264 e. The Hall–Kier alpha value is -11.7. The topological polar surface area (TPSA) is 58.1 Å². The summed E-state index contributed by atoms with van der Waals surface area (Å²) in [5.74, 6) is 3.22. The molecule has 17 rings (SSSR count). The van der Waals surface area contributed by atoms with Crippen LogP contribution in [-0.2, 0) is 41.6 Å². The van der Waals surface area contributed by atoms with Gasteiger partial charge in [0.25, 0.3) is 0 Å². The van der Waals surface area contributed by atoms with E-state index in [0.717, 1.165) is 51.9 Å². The highest BCUT2D eigenvalue weighted by atomic mass is 14.9. The first-order valence-corrected chi connectivity index (χ1v) is 45.7. The van der Waals surface area contributed by atoms with Gasteiger partial charge in [-0.3, -0.25) is 15.0 Å². The van der Waals surface area contributed by atoms with Gasteiger partial charge in [-0.15, -0.1) is 0 Å². The van der Waals surface area contributed by atoms with Crippen LogP contribution in [0.3, 0.4) is 0 Å². The van der Waals surface area contributed by atoms with Crippen molar-refractivity contribution in [2.75, 3.05) is 0 Å². The van der Waals surface area contributed by atoms with Gasteiger partial charge in [0.1, 0.15) is 35.2 Å². The van der Waals surface area contributed by atoms with Crippen LogP contribution in [0.1, 0.15) is 243 Å². The smallest absolute Gasteiger partial charge is 0.221 e. The van der Waals surface area contributed by atoms with E-state index in [1.807, 2.05) is 68.0 Å². The fourth-order valence-corrected chi connectivity index (χ4v) is 19.3. The van der Waals surface area contributed by atoms with Crippen molar-refractivity contribution < 1.29 is 29.7 Å². The zero-order valence-electron chi connectivity index (χ0n) is 82.4. The predicted octanol–water partition coefficient (Wildman–Crippen LogP) is 28.2. The van der Waals surface area contributed by atoms with Crippen LogP contribution in [0.4, 0.5) is 0 Å². The lowest BCUT2D eigenvalue weighted by Gasteiger charge is -2.15. The lowest BCUT2D eigenvalue weighted by Crippen LogP contribution is -2.31. The van der Waals surface area contributed by atoms with Crippen LogP contribution in [0.2, 0.25) is 0 Å². The quantitative estimate of drug-likeness (QED) is 0.0715. The molecule has 0 aliphatic heterocycles. The van der Waals surface area contributed by atoms with Gasteiger partial charge in [-0.25, -0.2) is 22.8 Å².